The van der Waals surface area contributed by atoms with Crippen LogP contribution in [0.3, 0.4) is 0 Å². The van der Waals surface area contributed by atoms with Gasteiger partial charge in [0.2, 0.25) is 10.0 Å². The van der Waals surface area contributed by atoms with Crippen molar-refractivity contribution in [3.8, 4) is 0 Å². The molecule has 1 rings (SSSR count). The van der Waals surface area contributed by atoms with Crippen LogP contribution >= 0.6 is 23.4 Å². The second-order valence-electron chi connectivity index (χ2n) is 4.23. The second-order valence-corrected chi connectivity index (χ2v) is 7.30. The molecule has 0 bridgehead atoms. The summed E-state index contributed by atoms with van der Waals surface area (Å²) in [5.74, 6) is -0.660. The van der Waals surface area contributed by atoms with Crippen LogP contribution in [0.4, 0.5) is 0 Å². The molecule has 1 aromatic carbocycles. The molecule has 1 unspecified atom stereocenters. The van der Waals surface area contributed by atoms with Gasteiger partial charge in [0.05, 0.1) is 5.02 Å². The number of aryl methyl sites for hydroxylation is 1. The van der Waals surface area contributed by atoms with Crippen molar-refractivity contribution in [2.24, 2.45) is 0 Å². The zero-order valence-corrected chi connectivity index (χ0v) is 13.5. The van der Waals surface area contributed by atoms with Crippen molar-refractivity contribution < 1.29 is 18.3 Å². The van der Waals surface area contributed by atoms with E-state index in [1.54, 1.807) is 13.0 Å². The summed E-state index contributed by atoms with van der Waals surface area (Å²) in [5.41, 5.74) is 0.825. The van der Waals surface area contributed by atoms with Gasteiger partial charge in [-0.3, -0.25) is 4.79 Å². The van der Waals surface area contributed by atoms with Gasteiger partial charge in [-0.1, -0.05) is 17.7 Å². The van der Waals surface area contributed by atoms with E-state index in [0.717, 1.165) is 5.56 Å². The highest BCUT2D eigenvalue weighted by Crippen LogP contribution is 2.22. The predicted octanol–water partition coefficient (Wildman–Crippen LogP) is 2.13. The van der Waals surface area contributed by atoms with Crippen LogP contribution in [0.15, 0.2) is 23.1 Å². The van der Waals surface area contributed by atoms with Crippen LogP contribution in [0, 0.1) is 6.92 Å². The summed E-state index contributed by atoms with van der Waals surface area (Å²) < 4.78 is 26.5. The van der Waals surface area contributed by atoms with Gasteiger partial charge in [-0.25, -0.2) is 8.42 Å². The Hall–Kier alpha value is -0.760. The first-order chi connectivity index (χ1) is 9.27. The number of rotatable bonds is 7. The average molecular weight is 338 g/mol. The Morgan fingerprint density at radius 3 is 2.65 bits per heavy atom. The van der Waals surface area contributed by atoms with E-state index >= 15 is 0 Å². The van der Waals surface area contributed by atoms with Crippen LogP contribution in [-0.2, 0) is 14.8 Å². The maximum Gasteiger partial charge on any atom is 0.321 e. The SMILES string of the molecule is CSCCC(NS(=O)(=O)c1ccc(C)cc1Cl)C(=O)O. The molecule has 1 aromatic rings. The van der Waals surface area contributed by atoms with Gasteiger partial charge < -0.3 is 5.11 Å². The molecule has 0 saturated carbocycles. The van der Waals surface area contributed by atoms with Crippen LogP contribution in [0.1, 0.15) is 12.0 Å². The van der Waals surface area contributed by atoms with Gasteiger partial charge in [-0.2, -0.15) is 16.5 Å². The number of carbonyl (C=O) groups is 1. The summed E-state index contributed by atoms with van der Waals surface area (Å²) in [6.45, 7) is 1.79. The molecule has 0 aliphatic rings. The van der Waals surface area contributed by atoms with Gasteiger partial charge in [-0.05, 0) is 43.0 Å². The molecule has 1 atom stereocenters. The van der Waals surface area contributed by atoms with E-state index in [0.29, 0.717) is 5.75 Å². The van der Waals surface area contributed by atoms with Crippen molar-refractivity contribution in [3.63, 3.8) is 0 Å². The highest BCUT2D eigenvalue weighted by molar-refractivity contribution is 7.98. The second kappa shape index (κ2) is 7.31. The van der Waals surface area contributed by atoms with E-state index in [1.807, 2.05) is 6.26 Å². The summed E-state index contributed by atoms with van der Waals surface area (Å²) in [5, 5.41) is 9.13. The summed E-state index contributed by atoms with van der Waals surface area (Å²) in [4.78, 5) is 11.0. The van der Waals surface area contributed by atoms with Crippen LogP contribution in [0.2, 0.25) is 5.02 Å². The van der Waals surface area contributed by atoms with Gasteiger partial charge in [0.25, 0.3) is 0 Å². The zero-order valence-electron chi connectivity index (χ0n) is 11.1. The molecular weight excluding hydrogens is 322 g/mol. The van der Waals surface area contributed by atoms with Crippen LogP contribution in [0.25, 0.3) is 0 Å². The third-order valence-corrected chi connectivity index (χ3v) is 5.18. The van der Waals surface area contributed by atoms with Crippen LogP contribution < -0.4 is 4.72 Å². The quantitative estimate of drug-likeness (QED) is 0.796. The monoisotopic (exact) mass is 337 g/mol. The molecule has 0 heterocycles. The number of hydrogen-bond acceptors (Lipinski definition) is 4. The number of aliphatic carboxylic acids is 1. The van der Waals surface area contributed by atoms with Crippen molar-refractivity contribution in [3.05, 3.63) is 28.8 Å². The predicted molar refractivity (Wildman–Crippen MR) is 80.9 cm³/mol. The largest absolute Gasteiger partial charge is 0.480 e. The topological polar surface area (TPSA) is 83.5 Å². The maximum absolute atomic E-state index is 12.2. The molecule has 0 fully saturated rings. The molecule has 0 amide bonds. The molecule has 2 N–H and O–H groups in total. The third-order valence-electron chi connectivity index (χ3n) is 2.58. The van der Waals surface area contributed by atoms with E-state index in [2.05, 4.69) is 4.72 Å². The Morgan fingerprint density at radius 2 is 2.15 bits per heavy atom. The molecular formula is C12H16ClNO4S2. The highest BCUT2D eigenvalue weighted by atomic mass is 35.5. The molecule has 0 saturated heterocycles. The van der Waals surface area contributed by atoms with Crippen molar-refractivity contribution in [1.29, 1.82) is 0 Å². The molecule has 5 nitrogen and oxygen atoms in total. The highest BCUT2D eigenvalue weighted by Gasteiger charge is 2.26. The fraction of sp³-hybridized carbons (Fsp3) is 0.417. The van der Waals surface area contributed by atoms with Gasteiger partial charge in [-0.15, -0.1) is 0 Å². The molecule has 8 heteroatoms. The summed E-state index contributed by atoms with van der Waals surface area (Å²) in [6, 6.07) is 3.34. The maximum atomic E-state index is 12.2. The lowest BCUT2D eigenvalue weighted by molar-refractivity contribution is -0.139. The molecule has 20 heavy (non-hydrogen) atoms. The Bertz CT molecular complexity index is 589. The number of sulfonamides is 1. The number of benzene rings is 1. The number of thioether (sulfide) groups is 1. The Morgan fingerprint density at radius 1 is 1.50 bits per heavy atom. The first-order valence-electron chi connectivity index (χ1n) is 5.78. The Kier molecular flexibility index (Phi) is 6.32. The lowest BCUT2D eigenvalue weighted by Gasteiger charge is -2.15. The minimum Gasteiger partial charge on any atom is -0.480 e. The number of carboxylic acids is 1. The summed E-state index contributed by atoms with van der Waals surface area (Å²) in [7, 11) is -3.95. The average Bonchev–Trinajstić information content (AvgIpc) is 2.33. The smallest absolute Gasteiger partial charge is 0.321 e. The van der Waals surface area contributed by atoms with Crippen molar-refractivity contribution >= 4 is 39.4 Å². The van der Waals surface area contributed by atoms with Crippen molar-refractivity contribution in [2.75, 3.05) is 12.0 Å². The lowest BCUT2D eigenvalue weighted by Crippen LogP contribution is -2.41. The van der Waals surface area contributed by atoms with Gasteiger partial charge in [0.15, 0.2) is 0 Å². The molecule has 112 valence electrons. The number of halogens is 1. The first kappa shape index (κ1) is 17.3. The Balaban J connectivity index is 3.00. The lowest BCUT2D eigenvalue weighted by atomic mass is 10.2. The molecule has 0 aromatic heterocycles. The number of hydrogen-bond donors (Lipinski definition) is 2. The Labute approximate surface area is 127 Å². The number of carboxylic acid groups (broad SMARTS) is 1. The van der Waals surface area contributed by atoms with Crippen LogP contribution in [-0.4, -0.2) is 37.5 Å². The summed E-state index contributed by atoms with van der Waals surface area (Å²) in [6.07, 6.45) is 2.03. The van der Waals surface area contributed by atoms with Gasteiger partial charge >= 0.3 is 5.97 Å². The van der Waals surface area contributed by atoms with E-state index < -0.39 is 22.0 Å². The number of nitrogens with one attached hydrogen (secondary N) is 1. The summed E-state index contributed by atoms with van der Waals surface area (Å²) >= 11 is 7.36. The van der Waals surface area contributed by atoms with Gasteiger partial charge in [0, 0.05) is 0 Å². The fourth-order valence-electron chi connectivity index (χ4n) is 1.54. The zero-order chi connectivity index (χ0) is 15.3. The van der Waals surface area contributed by atoms with E-state index in [9.17, 15) is 13.2 Å². The first-order valence-corrected chi connectivity index (χ1v) is 9.03. The van der Waals surface area contributed by atoms with E-state index in [-0.39, 0.29) is 16.3 Å². The van der Waals surface area contributed by atoms with Crippen molar-refractivity contribution in [1.82, 2.24) is 4.72 Å². The molecule has 0 aliphatic carbocycles. The van der Waals surface area contributed by atoms with Crippen molar-refractivity contribution in [2.45, 2.75) is 24.3 Å². The van der Waals surface area contributed by atoms with E-state index in [1.165, 1.54) is 23.9 Å². The van der Waals surface area contributed by atoms with E-state index in [4.69, 9.17) is 16.7 Å². The standard InChI is InChI=1S/C12H16ClNO4S2/c1-8-3-4-11(9(13)7-8)20(17,18)14-10(12(15)16)5-6-19-2/h3-4,7,10,14H,5-6H2,1-2H3,(H,15,16). The normalized spacial score (nSPS) is 13.2. The molecule has 0 spiro atoms. The third kappa shape index (κ3) is 4.66. The molecule has 0 radical (unpaired) electrons. The fourth-order valence-corrected chi connectivity index (χ4v) is 3.84. The molecule has 0 aliphatic heterocycles. The minimum atomic E-state index is -3.95. The van der Waals surface area contributed by atoms with Crippen LogP contribution in [0.5, 0.6) is 0 Å². The minimum absolute atomic E-state index is 0.0755. The van der Waals surface area contributed by atoms with Gasteiger partial charge in [0.1, 0.15) is 10.9 Å².